The number of carbonyl (C=O) groups excluding carboxylic acids is 2. The Bertz CT molecular complexity index is 332. The number of Topliss-reactive ketones (excluding diaryl/α,β-unsaturated/α-hetero) is 1. The molecule has 68 valence electrons. The highest BCUT2D eigenvalue weighted by atomic mass is 16.1. The second-order valence-electron chi connectivity index (χ2n) is 2.42. The van der Waals surface area contributed by atoms with Crippen molar-refractivity contribution < 1.29 is 9.59 Å². The molecule has 0 aliphatic rings. The highest BCUT2D eigenvalue weighted by Crippen LogP contribution is 1.95. The van der Waals surface area contributed by atoms with Gasteiger partial charge >= 0.3 is 0 Å². The standard InChI is InChI=1S/C8H9N3O2/c1-5(12)6-3-11-7(4-10-6)8(13)9-2/h3-4H,1-2H3,(H,9,13). The lowest BCUT2D eigenvalue weighted by Gasteiger charge is -1.98. The predicted octanol–water partition coefficient (Wildman–Crippen LogP) is 0.0388. The van der Waals surface area contributed by atoms with E-state index < -0.39 is 0 Å². The van der Waals surface area contributed by atoms with Gasteiger partial charge in [-0.2, -0.15) is 0 Å². The average molecular weight is 179 g/mol. The zero-order valence-corrected chi connectivity index (χ0v) is 7.37. The lowest BCUT2D eigenvalue weighted by Crippen LogP contribution is -2.19. The number of aromatic nitrogens is 2. The van der Waals surface area contributed by atoms with Crippen molar-refractivity contribution in [1.82, 2.24) is 15.3 Å². The number of ketones is 1. The Kier molecular flexibility index (Phi) is 2.69. The molecular weight excluding hydrogens is 170 g/mol. The van der Waals surface area contributed by atoms with Crippen LogP contribution in [0.5, 0.6) is 0 Å². The molecule has 0 saturated carbocycles. The molecule has 0 unspecified atom stereocenters. The van der Waals surface area contributed by atoms with Crippen LogP contribution in [0.3, 0.4) is 0 Å². The Hall–Kier alpha value is -1.78. The minimum absolute atomic E-state index is 0.170. The van der Waals surface area contributed by atoms with Gasteiger partial charge in [-0.05, 0) is 0 Å². The van der Waals surface area contributed by atoms with Crippen LogP contribution < -0.4 is 5.32 Å². The third-order valence-corrected chi connectivity index (χ3v) is 1.47. The molecule has 1 N–H and O–H groups in total. The molecule has 0 aromatic carbocycles. The fourth-order valence-electron chi connectivity index (χ4n) is 0.755. The summed E-state index contributed by atoms with van der Waals surface area (Å²) in [5.74, 6) is -0.487. The Labute approximate surface area is 75.2 Å². The van der Waals surface area contributed by atoms with Crippen LogP contribution in [0.15, 0.2) is 12.4 Å². The largest absolute Gasteiger partial charge is 0.354 e. The molecule has 1 aromatic heterocycles. The van der Waals surface area contributed by atoms with Gasteiger partial charge in [0, 0.05) is 14.0 Å². The summed E-state index contributed by atoms with van der Waals surface area (Å²) in [6.45, 7) is 1.39. The first kappa shape index (κ1) is 9.31. The van der Waals surface area contributed by atoms with Crippen molar-refractivity contribution in [2.45, 2.75) is 6.92 Å². The van der Waals surface area contributed by atoms with Crippen molar-refractivity contribution in [2.75, 3.05) is 7.05 Å². The average Bonchev–Trinajstić information content (AvgIpc) is 2.17. The Morgan fingerprint density at radius 3 is 2.15 bits per heavy atom. The van der Waals surface area contributed by atoms with Crippen LogP contribution in [0.2, 0.25) is 0 Å². The maximum absolute atomic E-state index is 11.0. The zero-order chi connectivity index (χ0) is 9.84. The minimum atomic E-state index is -0.317. The summed E-state index contributed by atoms with van der Waals surface area (Å²) in [4.78, 5) is 29.3. The monoisotopic (exact) mass is 179 g/mol. The van der Waals surface area contributed by atoms with E-state index in [1.54, 1.807) is 0 Å². The molecule has 0 aliphatic heterocycles. The molecule has 0 bridgehead atoms. The normalized spacial score (nSPS) is 9.38. The summed E-state index contributed by atoms with van der Waals surface area (Å²) < 4.78 is 0. The molecule has 0 aliphatic carbocycles. The first-order valence-electron chi connectivity index (χ1n) is 3.70. The third kappa shape index (κ3) is 2.08. The van der Waals surface area contributed by atoms with Crippen LogP contribution in [0, 0.1) is 0 Å². The second kappa shape index (κ2) is 3.75. The molecule has 1 rings (SSSR count). The van der Waals surface area contributed by atoms with Crippen molar-refractivity contribution in [3.63, 3.8) is 0 Å². The minimum Gasteiger partial charge on any atom is -0.354 e. The lowest BCUT2D eigenvalue weighted by molar-refractivity contribution is 0.0954. The number of rotatable bonds is 2. The van der Waals surface area contributed by atoms with Gasteiger partial charge in [0.25, 0.3) is 5.91 Å². The molecule has 5 heteroatoms. The van der Waals surface area contributed by atoms with E-state index in [0.717, 1.165) is 0 Å². The summed E-state index contributed by atoms with van der Waals surface area (Å²) >= 11 is 0. The zero-order valence-electron chi connectivity index (χ0n) is 7.37. The maximum atomic E-state index is 11.0. The molecule has 1 aromatic rings. The van der Waals surface area contributed by atoms with Crippen LogP contribution in [-0.4, -0.2) is 28.7 Å². The summed E-state index contributed by atoms with van der Waals surface area (Å²) in [6.07, 6.45) is 2.56. The highest BCUT2D eigenvalue weighted by Gasteiger charge is 2.06. The maximum Gasteiger partial charge on any atom is 0.271 e. The van der Waals surface area contributed by atoms with Gasteiger partial charge in [-0.3, -0.25) is 9.59 Å². The molecule has 5 nitrogen and oxygen atoms in total. The summed E-state index contributed by atoms with van der Waals surface area (Å²) in [7, 11) is 1.50. The number of carbonyl (C=O) groups is 2. The van der Waals surface area contributed by atoms with Crippen LogP contribution in [0.1, 0.15) is 27.9 Å². The number of nitrogens with one attached hydrogen (secondary N) is 1. The van der Waals surface area contributed by atoms with Gasteiger partial charge in [0.15, 0.2) is 5.78 Å². The first-order chi connectivity index (χ1) is 6.15. The summed E-state index contributed by atoms with van der Waals surface area (Å²) in [5, 5.41) is 2.40. The fraction of sp³-hybridized carbons (Fsp3) is 0.250. The van der Waals surface area contributed by atoms with Gasteiger partial charge in [0.05, 0.1) is 12.4 Å². The lowest BCUT2D eigenvalue weighted by atomic mass is 10.3. The van der Waals surface area contributed by atoms with E-state index in [9.17, 15) is 9.59 Å². The summed E-state index contributed by atoms with van der Waals surface area (Å²) in [5.41, 5.74) is 0.458. The van der Waals surface area contributed by atoms with Crippen molar-refractivity contribution >= 4 is 11.7 Å². The van der Waals surface area contributed by atoms with E-state index >= 15 is 0 Å². The van der Waals surface area contributed by atoms with Crippen molar-refractivity contribution in [3.05, 3.63) is 23.8 Å². The van der Waals surface area contributed by atoms with Gasteiger partial charge in [-0.15, -0.1) is 0 Å². The Morgan fingerprint density at radius 1 is 1.23 bits per heavy atom. The Balaban J connectivity index is 2.93. The van der Waals surface area contributed by atoms with Crippen LogP contribution >= 0.6 is 0 Å². The molecule has 1 heterocycles. The van der Waals surface area contributed by atoms with Crippen molar-refractivity contribution in [1.29, 1.82) is 0 Å². The molecule has 0 atom stereocenters. The molecule has 0 fully saturated rings. The van der Waals surface area contributed by atoms with E-state index in [2.05, 4.69) is 15.3 Å². The topological polar surface area (TPSA) is 72.0 Å². The molecule has 0 saturated heterocycles. The molecule has 0 spiro atoms. The van der Waals surface area contributed by atoms with E-state index in [-0.39, 0.29) is 23.1 Å². The van der Waals surface area contributed by atoms with Gasteiger partial charge in [0.2, 0.25) is 0 Å². The fourth-order valence-corrected chi connectivity index (χ4v) is 0.755. The van der Waals surface area contributed by atoms with E-state index in [4.69, 9.17) is 0 Å². The smallest absolute Gasteiger partial charge is 0.271 e. The third-order valence-electron chi connectivity index (χ3n) is 1.47. The summed E-state index contributed by atoms with van der Waals surface area (Å²) in [6, 6.07) is 0. The van der Waals surface area contributed by atoms with Crippen LogP contribution in [-0.2, 0) is 0 Å². The van der Waals surface area contributed by atoms with E-state index in [1.165, 1.54) is 26.4 Å². The van der Waals surface area contributed by atoms with Crippen LogP contribution in [0.4, 0.5) is 0 Å². The Morgan fingerprint density at radius 2 is 1.77 bits per heavy atom. The second-order valence-corrected chi connectivity index (χ2v) is 2.42. The first-order valence-corrected chi connectivity index (χ1v) is 3.70. The van der Waals surface area contributed by atoms with Crippen molar-refractivity contribution in [2.24, 2.45) is 0 Å². The molecule has 0 radical (unpaired) electrons. The highest BCUT2D eigenvalue weighted by molar-refractivity contribution is 5.94. The van der Waals surface area contributed by atoms with Gasteiger partial charge in [0.1, 0.15) is 11.4 Å². The number of hydrogen-bond acceptors (Lipinski definition) is 4. The van der Waals surface area contributed by atoms with Gasteiger partial charge in [-0.1, -0.05) is 0 Å². The molecular formula is C8H9N3O2. The quantitative estimate of drug-likeness (QED) is 0.650. The number of amides is 1. The number of nitrogens with zero attached hydrogens (tertiary/aromatic N) is 2. The predicted molar refractivity (Wildman–Crippen MR) is 45.4 cm³/mol. The van der Waals surface area contributed by atoms with E-state index in [1.807, 2.05) is 0 Å². The number of hydrogen-bond donors (Lipinski definition) is 1. The van der Waals surface area contributed by atoms with Crippen LogP contribution in [0.25, 0.3) is 0 Å². The SMILES string of the molecule is CNC(=O)c1cnc(C(C)=O)cn1. The molecule has 1 amide bonds. The van der Waals surface area contributed by atoms with Gasteiger partial charge in [-0.25, -0.2) is 9.97 Å². The molecule has 13 heavy (non-hydrogen) atoms. The van der Waals surface area contributed by atoms with Crippen molar-refractivity contribution in [3.8, 4) is 0 Å². The van der Waals surface area contributed by atoms with E-state index in [0.29, 0.717) is 0 Å². The van der Waals surface area contributed by atoms with Gasteiger partial charge < -0.3 is 5.32 Å².